The standard InChI is InChI=1S/C24H34O4/c1-18(8-4-2-7-11-24(27)28)21-16-17-23(26)22(21)15-14-20(25)13-12-19-9-5-3-6-10-19/h3-6,8-10,20-23,25-26H,1-2,7,11-17H2,(H,27,28)/b8-4-/t20-,21+,22?,23+/m0/s1. The number of carbonyl (C=O) groups is 1. The van der Waals surface area contributed by atoms with Crippen molar-refractivity contribution in [2.45, 2.75) is 70.0 Å². The third-order valence-corrected chi connectivity index (χ3v) is 5.80. The number of carboxylic acid groups (broad SMARTS) is 1. The number of benzene rings is 1. The normalized spacial score (nSPS) is 23.1. The quantitative estimate of drug-likeness (QED) is 0.365. The SMILES string of the molecule is C=C(/C=C\CCCC(=O)O)[C@H]1CC[C@@H](O)C1CC[C@@H](O)CCc1ccccc1. The zero-order chi connectivity index (χ0) is 20.4. The van der Waals surface area contributed by atoms with Gasteiger partial charge >= 0.3 is 5.97 Å². The molecule has 28 heavy (non-hydrogen) atoms. The van der Waals surface area contributed by atoms with Gasteiger partial charge in [0.25, 0.3) is 0 Å². The molecule has 154 valence electrons. The molecule has 4 nitrogen and oxygen atoms in total. The summed E-state index contributed by atoms with van der Waals surface area (Å²) in [6, 6.07) is 10.2. The van der Waals surface area contributed by atoms with Gasteiger partial charge in [-0.3, -0.25) is 4.79 Å². The molecule has 1 fully saturated rings. The topological polar surface area (TPSA) is 77.8 Å². The maximum Gasteiger partial charge on any atom is 0.303 e. The Bertz CT molecular complexity index is 637. The van der Waals surface area contributed by atoms with Crippen molar-refractivity contribution in [3.63, 3.8) is 0 Å². The molecule has 1 aliphatic rings. The molecule has 0 radical (unpaired) electrons. The molecular weight excluding hydrogens is 352 g/mol. The first-order valence-corrected chi connectivity index (χ1v) is 10.4. The van der Waals surface area contributed by atoms with E-state index in [4.69, 9.17) is 5.11 Å². The minimum absolute atomic E-state index is 0.141. The molecule has 4 heteroatoms. The number of rotatable bonds is 12. The maximum atomic E-state index is 10.5. The van der Waals surface area contributed by atoms with Crippen LogP contribution in [0.2, 0.25) is 0 Å². The van der Waals surface area contributed by atoms with Gasteiger partial charge in [0.2, 0.25) is 0 Å². The van der Waals surface area contributed by atoms with Gasteiger partial charge in [-0.2, -0.15) is 0 Å². The number of aryl methyl sites for hydroxylation is 1. The van der Waals surface area contributed by atoms with Gasteiger partial charge in [-0.25, -0.2) is 0 Å². The molecule has 1 aliphatic carbocycles. The lowest BCUT2D eigenvalue weighted by Gasteiger charge is -2.24. The maximum absolute atomic E-state index is 10.5. The first-order valence-electron chi connectivity index (χ1n) is 10.4. The van der Waals surface area contributed by atoms with E-state index in [1.165, 1.54) is 5.56 Å². The monoisotopic (exact) mass is 386 g/mol. The zero-order valence-corrected chi connectivity index (χ0v) is 16.7. The molecule has 0 aromatic heterocycles. The summed E-state index contributed by atoms with van der Waals surface area (Å²) in [4.78, 5) is 10.5. The predicted molar refractivity (Wildman–Crippen MR) is 112 cm³/mol. The van der Waals surface area contributed by atoms with Crippen molar-refractivity contribution in [2.75, 3.05) is 0 Å². The number of allylic oxidation sites excluding steroid dienone is 3. The summed E-state index contributed by atoms with van der Waals surface area (Å²) in [6.07, 6.45) is 9.63. The predicted octanol–water partition coefficient (Wildman–Crippen LogP) is 4.51. The highest BCUT2D eigenvalue weighted by molar-refractivity contribution is 5.66. The lowest BCUT2D eigenvalue weighted by Crippen LogP contribution is -2.22. The largest absolute Gasteiger partial charge is 0.481 e. The molecule has 1 aromatic carbocycles. The van der Waals surface area contributed by atoms with Crippen LogP contribution in [-0.4, -0.2) is 33.5 Å². The van der Waals surface area contributed by atoms with Gasteiger partial charge in [-0.05, 0) is 68.8 Å². The first-order chi connectivity index (χ1) is 13.5. The Morgan fingerprint density at radius 1 is 1.21 bits per heavy atom. The average Bonchev–Trinajstić information content (AvgIpc) is 3.05. The Balaban J connectivity index is 1.76. The Morgan fingerprint density at radius 2 is 1.96 bits per heavy atom. The van der Waals surface area contributed by atoms with Crippen molar-refractivity contribution in [2.24, 2.45) is 11.8 Å². The number of hydrogen-bond donors (Lipinski definition) is 3. The fourth-order valence-electron chi connectivity index (χ4n) is 4.14. The number of aliphatic hydroxyl groups is 2. The second-order valence-corrected chi connectivity index (χ2v) is 7.93. The smallest absolute Gasteiger partial charge is 0.303 e. The van der Waals surface area contributed by atoms with Crippen LogP contribution in [0.4, 0.5) is 0 Å². The Hall–Kier alpha value is -1.91. The van der Waals surface area contributed by atoms with Crippen LogP contribution < -0.4 is 0 Å². The van der Waals surface area contributed by atoms with Crippen molar-refractivity contribution in [1.82, 2.24) is 0 Å². The van der Waals surface area contributed by atoms with E-state index in [9.17, 15) is 15.0 Å². The highest BCUT2D eigenvalue weighted by Gasteiger charge is 2.35. The van der Waals surface area contributed by atoms with Gasteiger partial charge in [0.05, 0.1) is 12.2 Å². The van der Waals surface area contributed by atoms with Gasteiger partial charge in [0, 0.05) is 6.42 Å². The molecule has 1 unspecified atom stereocenters. The average molecular weight is 387 g/mol. The first kappa shape index (κ1) is 22.4. The summed E-state index contributed by atoms with van der Waals surface area (Å²) < 4.78 is 0. The molecule has 0 spiro atoms. The lowest BCUT2D eigenvalue weighted by atomic mass is 9.84. The summed E-state index contributed by atoms with van der Waals surface area (Å²) in [5.41, 5.74) is 2.25. The van der Waals surface area contributed by atoms with Crippen LogP contribution in [0.3, 0.4) is 0 Å². The molecule has 1 aromatic rings. The van der Waals surface area contributed by atoms with E-state index in [0.717, 1.165) is 44.1 Å². The lowest BCUT2D eigenvalue weighted by molar-refractivity contribution is -0.137. The van der Waals surface area contributed by atoms with Crippen LogP contribution in [-0.2, 0) is 11.2 Å². The van der Waals surface area contributed by atoms with Crippen molar-refractivity contribution in [1.29, 1.82) is 0 Å². The fraction of sp³-hybridized carbons (Fsp3) is 0.542. The van der Waals surface area contributed by atoms with Gasteiger partial charge in [-0.15, -0.1) is 0 Å². The van der Waals surface area contributed by atoms with E-state index < -0.39 is 5.97 Å². The van der Waals surface area contributed by atoms with Crippen molar-refractivity contribution >= 4 is 5.97 Å². The van der Waals surface area contributed by atoms with Crippen LogP contribution in [0.25, 0.3) is 0 Å². The summed E-state index contributed by atoms with van der Waals surface area (Å²) in [5, 5.41) is 29.4. The van der Waals surface area contributed by atoms with E-state index in [2.05, 4.69) is 18.7 Å². The minimum atomic E-state index is -0.767. The highest BCUT2D eigenvalue weighted by atomic mass is 16.4. The summed E-state index contributed by atoms with van der Waals surface area (Å²) in [5.74, 6) is -0.383. The summed E-state index contributed by atoms with van der Waals surface area (Å²) in [7, 11) is 0. The Labute approximate surface area is 168 Å². The number of carboxylic acids is 1. The second kappa shape index (κ2) is 11.8. The zero-order valence-electron chi connectivity index (χ0n) is 16.7. The molecule has 0 bridgehead atoms. The molecular formula is C24H34O4. The van der Waals surface area contributed by atoms with Gasteiger partial charge in [0.15, 0.2) is 0 Å². The van der Waals surface area contributed by atoms with Crippen molar-refractivity contribution < 1.29 is 20.1 Å². The molecule has 0 heterocycles. The van der Waals surface area contributed by atoms with E-state index in [1.54, 1.807) is 0 Å². The van der Waals surface area contributed by atoms with Gasteiger partial charge in [-0.1, -0.05) is 54.6 Å². The van der Waals surface area contributed by atoms with E-state index in [0.29, 0.717) is 12.8 Å². The van der Waals surface area contributed by atoms with Crippen LogP contribution >= 0.6 is 0 Å². The molecule has 0 saturated heterocycles. The van der Waals surface area contributed by atoms with Crippen LogP contribution in [0.1, 0.15) is 56.9 Å². The summed E-state index contributed by atoms with van der Waals surface area (Å²) >= 11 is 0. The third-order valence-electron chi connectivity index (χ3n) is 5.80. The molecule has 0 aliphatic heterocycles. The number of aliphatic carboxylic acids is 1. The molecule has 1 saturated carbocycles. The number of hydrogen-bond acceptors (Lipinski definition) is 3. The molecule has 4 atom stereocenters. The van der Waals surface area contributed by atoms with E-state index in [1.807, 2.05) is 30.4 Å². The molecule has 3 N–H and O–H groups in total. The number of unbranched alkanes of at least 4 members (excludes halogenated alkanes) is 1. The van der Waals surface area contributed by atoms with Crippen molar-refractivity contribution in [3.05, 3.63) is 60.2 Å². The number of aliphatic hydroxyl groups excluding tert-OH is 2. The van der Waals surface area contributed by atoms with Gasteiger partial charge < -0.3 is 15.3 Å². The van der Waals surface area contributed by atoms with E-state index in [-0.39, 0.29) is 30.5 Å². The summed E-state index contributed by atoms with van der Waals surface area (Å²) in [6.45, 7) is 4.18. The van der Waals surface area contributed by atoms with Crippen LogP contribution in [0.15, 0.2) is 54.6 Å². The van der Waals surface area contributed by atoms with Crippen molar-refractivity contribution in [3.8, 4) is 0 Å². The van der Waals surface area contributed by atoms with Crippen LogP contribution in [0, 0.1) is 11.8 Å². The Morgan fingerprint density at radius 3 is 2.68 bits per heavy atom. The molecule has 0 amide bonds. The van der Waals surface area contributed by atoms with Crippen LogP contribution in [0.5, 0.6) is 0 Å². The Kier molecular flexibility index (Phi) is 9.45. The highest BCUT2D eigenvalue weighted by Crippen LogP contribution is 2.40. The second-order valence-electron chi connectivity index (χ2n) is 7.93. The van der Waals surface area contributed by atoms with Gasteiger partial charge in [0.1, 0.15) is 0 Å². The van der Waals surface area contributed by atoms with E-state index >= 15 is 0 Å². The minimum Gasteiger partial charge on any atom is -0.481 e. The third kappa shape index (κ3) is 7.61. The molecule has 2 rings (SSSR count). The fourth-order valence-corrected chi connectivity index (χ4v) is 4.14.